The lowest BCUT2D eigenvalue weighted by Crippen LogP contribution is -2.30. The highest BCUT2D eigenvalue weighted by atomic mass is 35.5. The van der Waals surface area contributed by atoms with Crippen LogP contribution in [0.15, 0.2) is 12.1 Å². The highest BCUT2D eigenvalue weighted by Crippen LogP contribution is 2.23. The Hall–Kier alpha value is -1.18. The number of carbonyl (C=O) groups is 1. The van der Waals surface area contributed by atoms with E-state index in [0.717, 1.165) is 30.7 Å². The molecule has 2 N–H and O–H groups in total. The molecule has 0 spiro atoms. The molecule has 1 aliphatic rings. The fourth-order valence-electron chi connectivity index (χ4n) is 2.00. The van der Waals surface area contributed by atoms with Crippen LogP contribution in [-0.4, -0.2) is 30.0 Å². The topological polar surface area (TPSA) is 84.3 Å². The summed E-state index contributed by atoms with van der Waals surface area (Å²) < 4.78 is 0. The first kappa shape index (κ1) is 15.9. The molecule has 1 atom stereocenters. The summed E-state index contributed by atoms with van der Waals surface area (Å²) in [5, 5.41) is 16.6. The normalized spacial score (nSPS) is 17.8. The van der Waals surface area contributed by atoms with Crippen molar-refractivity contribution in [1.29, 1.82) is 0 Å². The monoisotopic (exact) mass is 305 g/mol. The van der Waals surface area contributed by atoms with Gasteiger partial charge in [-0.1, -0.05) is 11.3 Å². The van der Waals surface area contributed by atoms with Crippen molar-refractivity contribution in [2.24, 2.45) is 0 Å². The number of halogens is 1. The number of hydrogen-bond donors (Lipinski definition) is 2. The van der Waals surface area contributed by atoms with Crippen molar-refractivity contribution in [3.8, 4) is 0 Å². The van der Waals surface area contributed by atoms with E-state index in [2.05, 4.69) is 10.6 Å². The van der Waals surface area contributed by atoms with Crippen molar-refractivity contribution >= 4 is 34.7 Å². The van der Waals surface area contributed by atoms with Gasteiger partial charge in [0.05, 0.1) is 9.80 Å². The van der Waals surface area contributed by atoms with Gasteiger partial charge in [0, 0.05) is 18.7 Å². The van der Waals surface area contributed by atoms with Gasteiger partial charge in [-0.3, -0.25) is 14.9 Å². The van der Waals surface area contributed by atoms with Gasteiger partial charge in [0.1, 0.15) is 0 Å². The van der Waals surface area contributed by atoms with E-state index in [1.54, 1.807) is 0 Å². The third kappa shape index (κ3) is 4.45. The van der Waals surface area contributed by atoms with Crippen LogP contribution in [0.4, 0.5) is 5.00 Å². The molecule has 2 rings (SSSR count). The van der Waals surface area contributed by atoms with Gasteiger partial charge in [0.2, 0.25) is 0 Å². The van der Waals surface area contributed by atoms with Crippen molar-refractivity contribution in [2.45, 2.75) is 25.3 Å². The van der Waals surface area contributed by atoms with E-state index in [1.165, 1.54) is 18.6 Å². The van der Waals surface area contributed by atoms with Crippen molar-refractivity contribution < 1.29 is 9.72 Å². The number of thiophene rings is 1. The van der Waals surface area contributed by atoms with E-state index in [-0.39, 0.29) is 23.3 Å². The van der Waals surface area contributed by atoms with Crippen molar-refractivity contribution in [2.75, 3.05) is 13.1 Å². The minimum atomic E-state index is -0.482. The van der Waals surface area contributed by atoms with Crippen LogP contribution in [-0.2, 0) is 0 Å². The Balaban J connectivity index is 0.00000180. The van der Waals surface area contributed by atoms with Crippen molar-refractivity contribution in [3.63, 3.8) is 0 Å². The first-order valence-electron chi connectivity index (χ1n) is 5.92. The first-order chi connectivity index (χ1) is 8.66. The summed E-state index contributed by atoms with van der Waals surface area (Å²) in [6.45, 7) is 1.65. The highest BCUT2D eigenvalue weighted by Gasteiger charge is 2.16. The van der Waals surface area contributed by atoms with Crippen LogP contribution >= 0.6 is 23.7 Å². The van der Waals surface area contributed by atoms with E-state index in [1.807, 2.05) is 0 Å². The quantitative estimate of drug-likeness (QED) is 0.643. The lowest BCUT2D eigenvalue weighted by molar-refractivity contribution is -0.380. The molecule has 0 saturated carbocycles. The van der Waals surface area contributed by atoms with Gasteiger partial charge in [0.15, 0.2) is 0 Å². The van der Waals surface area contributed by atoms with E-state index >= 15 is 0 Å². The fourth-order valence-corrected chi connectivity index (χ4v) is 2.73. The lowest BCUT2D eigenvalue weighted by Gasteiger charge is -2.09. The number of rotatable bonds is 5. The van der Waals surface area contributed by atoms with Crippen LogP contribution in [0.1, 0.15) is 28.9 Å². The smallest absolute Gasteiger partial charge is 0.324 e. The van der Waals surface area contributed by atoms with Crippen LogP contribution in [0.25, 0.3) is 0 Å². The zero-order valence-corrected chi connectivity index (χ0v) is 11.9. The predicted molar refractivity (Wildman–Crippen MR) is 76.2 cm³/mol. The molecular formula is C11H16ClN3O3S. The molecule has 1 aromatic heterocycles. The van der Waals surface area contributed by atoms with Gasteiger partial charge in [-0.2, -0.15) is 0 Å². The zero-order chi connectivity index (χ0) is 13.0. The van der Waals surface area contributed by atoms with Crippen molar-refractivity contribution in [1.82, 2.24) is 10.6 Å². The summed E-state index contributed by atoms with van der Waals surface area (Å²) in [4.78, 5) is 22.1. The Morgan fingerprint density at radius 2 is 2.37 bits per heavy atom. The molecule has 0 aromatic carbocycles. The fraction of sp³-hybridized carbons (Fsp3) is 0.545. The van der Waals surface area contributed by atoms with E-state index in [0.29, 0.717) is 17.5 Å². The summed E-state index contributed by atoms with van der Waals surface area (Å²) in [6, 6.07) is 3.34. The number of carbonyl (C=O) groups excluding carboxylic acids is 1. The molecule has 1 aromatic rings. The maximum atomic E-state index is 11.7. The Morgan fingerprint density at radius 3 is 2.95 bits per heavy atom. The minimum Gasteiger partial charge on any atom is -0.351 e. The summed E-state index contributed by atoms with van der Waals surface area (Å²) in [6.07, 6.45) is 3.25. The van der Waals surface area contributed by atoms with E-state index < -0.39 is 4.92 Å². The highest BCUT2D eigenvalue weighted by molar-refractivity contribution is 7.17. The molecule has 0 radical (unpaired) electrons. The van der Waals surface area contributed by atoms with Gasteiger partial charge < -0.3 is 10.6 Å². The maximum absolute atomic E-state index is 11.7. The predicted octanol–water partition coefficient (Wildman–Crippen LogP) is 1.95. The Labute approximate surface area is 121 Å². The van der Waals surface area contributed by atoms with Gasteiger partial charge in [0.25, 0.3) is 5.91 Å². The van der Waals surface area contributed by atoms with Crippen LogP contribution in [0, 0.1) is 10.1 Å². The number of amides is 1. The third-order valence-electron chi connectivity index (χ3n) is 2.94. The number of nitro groups is 1. The maximum Gasteiger partial charge on any atom is 0.324 e. The standard InChI is InChI=1S/C11H15N3O3S.ClH/c15-11(9-3-4-10(18-9)14(16)17)13-7-5-8-2-1-6-12-8;/h3-4,8,12H,1-2,5-7H2,(H,13,15);1H/t8-;/m1./s1. The Kier molecular flexibility index (Phi) is 6.20. The molecule has 0 bridgehead atoms. The summed E-state index contributed by atoms with van der Waals surface area (Å²) in [5.74, 6) is -0.230. The second-order valence-electron chi connectivity index (χ2n) is 4.23. The second-order valence-corrected chi connectivity index (χ2v) is 5.30. The largest absolute Gasteiger partial charge is 0.351 e. The number of nitrogens with zero attached hydrogens (tertiary/aromatic N) is 1. The molecular weight excluding hydrogens is 290 g/mol. The third-order valence-corrected chi connectivity index (χ3v) is 3.97. The van der Waals surface area contributed by atoms with Gasteiger partial charge >= 0.3 is 5.00 Å². The summed E-state index contributed by atoms with van der Waals surface area (Å²) in [5.41, 5.74) is 0. The summed E-state index contributed by atoms with van der Waals surface area (Å²) >= 11 is 0.905. The SMILES string of the molecule is Cl.O=C(NCC[C@H]1CCCN1)c1ccc([N+](=O)[O-])s1. The van der Waals surface area contributed by atoms with Crippen LogP contribution in [0.5, 0.6) is 0 Å². The summed E-state index contributed by atoms with van der Waals surface area (Å²) in [7, 11) is 0. The molecule has 1 fully saturated rings. The molecule has 8 heteroatoms. The molecule has 6 nitrogen and oxygen atoms in total. The Bertz CT molecular complexity index is 446. The molecule has 19 heavy (non-hydrogen) atoms. The molecule has 1 amide bonds. The zero-order valence-electron chi connectivity index (χ0n) is 10.3. The number of hydrogen-bond acceptors (Lipinski definition) is 5. The van der Waals surface area contributed by atoms with Gasteiger partial charge in [-0.15, -0.1) is 12.4 Å². The number of nitrogens with one attached hydrogen (secondary N) is 2. The van der Waals surface area contributed by atoms with Crippen LogP contribution in [0.2, 0.25) is 0 Å². The average molecular weight is 306 g/mol. The van der Waals surface area contributed by atoms with Gasteiger partial charge in [-0.05, 0) is 31.9 Å². The van der Waals surface area contributed by atoms with Crippen molar-refractivity contribution in [3.05, 3.63) is 27.1 Å². The second kappa shape index (κ2) is 7.42. The van der Waals surface area contributed by atoms with Crippen LogP contribution in [0.3, 0.4) is 0 Å². The van der Waals surface area contributed by atoms with E-state index in [4.69, 9.17) is 0 Å². The lowest BCUT2D eigenvalue weighted by atomic mass is 10.1. The first-order valence-corrected chi connectivity index (χ1v) is 6.74. The van der Waals surface area contributed by atoms with Gasteiger partial charge in [-0.25, -0.2) is 0 Å². The molecule has 106 valence electrons. The molecule has 2 heterocycles. The molecule has 0 aliphatic carbocycles. The Morgan fingerprint density at radius 1 is 1.58 bits per heavy atom. The van der Waals surface area contributed by atoms with Crippen LogP contribution < -0.4 is 10.6 Å². The molecule has 1 aliphatic heterocycles. The minimum absolute atomic E-state index is 0. The van der Waals surface area contributed by atoms with E-state index in [9.17, 15) is 14.9 Å². The molecule has 0 unspecified atom stereocenters. The molecule has 1 saturated heterocycles. The average Bonchev–Trinajstić information content (AvgIpc) is 2.99.